The molecule has 0 radical (unpaired) electrons. The van der Waals surface area contributed by atoms with Crippen LogP contribution < -0.4 is 10.2 Å². The smallest absolute Gasteiger partial charge is 0.229 e. The van der Waals surface area contributed by atoms with Gasteiger partial charge in [0.05, 0.1) is 21.7 Å². The Morgan fingerprint density at radius 1 is 1.12 bits per heavy atom. The summed E-state index contributed by atoms with van der Waals surface area (Å²) in [4.78, 5) is 23.8. The quantitative estimate of drug-likeness (QED) is 0.597. The van der Waals surface area contributed by atoms with Gasteiger partial charge in [0.15, 0.2) is 0 Å². The lowest BCUT2D eigenvalue weighted by Gasteiger charge is -2.36. The molecule has 0 aliphatic carbocycles. The summed E-state index contributed by atoms with van der Waals surface area (Å²) >= 11 is 12.5. The van der Waals surface area contributed by atoms with Gasteiger partial charge in [0.25, 0.3) is 0 Å². The number of benzene rings is 1. The molecular weight excluding hydrogens is 457 g/mol. The van der Waals surface area contributed by atoms with E-state index in [4.69, 9.17) is 23.2 Å². The minimum atomic E-state index is -0.149. The lowest BCUT2D eigenvalue weighted by molar-refractivity contribution is -0.124. The topological polar surface area (TPSA) is 51.7 Å². The summed E-state index contributed by atoms with van der Waals surface area (Å²) in [6.07, 6.45) is 6.58. The number of aromatic nitrogens is 1. The van der Waals surface area contributed by atoms with E-state index >= 15 is 0 Å². The van der Waals surface area contributed by atoms with Crippen LogP contribution in [0.2, 0.25) is 10.0 Å². The van der Waals surface area contributed by atoms with Gasteiger partial charge in [-0.25, -0.2) is 0 Å². The van der Waals surface area contributed by atoms with Crippen molar-refractivity contribution in [2.75, 3.05) is 51.2 Å². The van der Waals surface area contributed by atoms with E-state index in [2.05, 4.69) is 38.0 Å². The molecule has 2 atom stereocenters. The maximum atomic E-state index is 12.9. The van der Waals surface area contributed by atoms with Crippen molar-refractivity contribution in [3.8, 4) is 0 Å². The number of carbonyl (C=O) groups is 1. The fourth-order valence-corrected chi connectivity index (χ4v) is 5.00. The minimum Gasteiger partial charge on any atom is -0.371 e. The van der Waals surface area contributed by atoms with Crippen LogP contribution in [0.3, 0.4) is 0 Å². The predicted octanol–water partition coefficient (Wildman–Crippen LogP) is 4.01. The molecule has 1 N–H and O–H groups in total. The second-order valence-electron chi connectivity index (χ2n) is 8.71. The van der Waals surface area contributed by atoms with Crippen molar-refractivity contribution in [3.63, 3.8) is 0 Å². The van der Waals surface area contributed by atoms with E-state index < -0.39 is 0 Å². The van der Waals surface area contributed by atoms with Gasteiger partial charge in [0.1, 0.15) is 0 Å². The van der Waals surface area contributed by atoms with Gasteiger partial charge in [-0.2, -0.15) is 0 Å². The molecule has 2 aliphatic rings. The summed E-state index contributed by atoms with van der Waals surface area (Å²) in [5, 5.41) is 4.37. The summed E-state index contributed by atoms with van der Waals surface area (Å²) in [5.41, 5.74) is 3.18. The molecule has 1 saturated heterocycles. The molecule has 1 aromatic heterocycles. The number of amides is 1. The van der Waals surface area contributed by atoms with Crippen molar-refractivity contribution in [2.45, 2.75) is 19.4 Å². The fraction of sp³-hybridized carbons (Fsp3) is 0.440. The van der Waals surface area contributed by atoms with Crippen LogP contribution in [0.5, 0.6) is 0 Å². The van der Waals surface area contributed by atoms with E-state index in [1.54, 1.807) is 12.4 Å². The number of carbonyl (C=O) groups excluding carboxylic acids is 1. The molecule has 4 rings (SSSR count). The average Bonchev–Trinajstić information content (AvgIpc) is 3.14. The summed E-state index contributed by atoms with van der Waals surface area (Å²) < 4.78 is 0. The predicted molar refractivity (Wildman–Crippen MR) is 136 cm³/mol. The Hall–Kier alpha value is -2.28. The Labute approximate surface area is 206 Å². The van der Waals surface area contributed by atoms with Gasteiger partial charge in [-0.1, -0.05) is 29.3 Å². The second-order valence-corrected chi connectivity index (χ2v) is 9.50. The first kappa shape index (κ1) is 23.9. The molecule has 6 nitrogen and oxygen atoms in total. The van der Waals surface area contributed by atoms with Crippen molar-refractivity contribution in [1.82, 2.24) is 20.1 Å². The van der Waals surface area contributed by atoms with Crippen LogP contribution in [0.15, 0.2) is 48.8 Å². The SMILES string of the molecule is CC1C(C(=O)NCCCN2CCN(c3cccc(Cl)c3Cl)CC2)C=C(c2ccncc2)N1C. The molecule has 3 heterocycles. The third-order valence-corrected chi connectivity index (χ3v) is 7.53. The molecule has 0 bridgehead atoms. The van der Waals surface area contributed by atoms with Gasteiger partial charge in [-0.15, -0.1) is 0 Å². The number of nitrogens with zero attached hydrogens (tertiary/aromatic N) is 4. The third kappa shape index (κ3) is 5.45. The third-order valence-electron chi connectivity index (χ3n) is 6.72. The maximum Gasteiger partial charge on any atom is 0.229 e. The lowest BCUT2D eigenvalue weighted by atomic mass is 10.0. The van der Waals surface area contributed by atoms with Crippen molar-refractivity contribution in [2.24, 2.45) is 5.92 Å². The summed E-state index contributed by atoms with van der Waals surface area (Å²) in [7, 11) is 2.04. The first-order valence-electron chi connectivity index (χ1n) is 11.5. The molecule has 0 spiro atoms. The van der Waals surface area contributed by atoms with Crippen molar-refractivity contribution in [1.29, 1.82) is 0 Å². The molecular formula is C25H31Cl2N5O. The van der Waals surface area contributed by atoms with Gasteiger partial charge < -0.3 is 15.1 Å². The fourth-order valence-electron chi connectivity index (χ4n) is 4.59. The Kier molecular flexibility index (Phi) is 7.78. The Morgan fingerprint density at radius 2 is 1.85 bits per heavy atom. The van der Waals surface area contributed by atoms with Gasteiger partial charge in [-0.05, 0) is 50.2 Å². The van der Waals surface area contributed by atoms with Crippen molar-refractivity contribution >= 4 is 40.5 Å². The Morgan fingerprint density at radius 3 is 2.58 bits per heavy atom. The number of pyridine rings is 1. The van der Waals surface area contributed by atoms with E-state index in [0.717, 1.165) is 56.1 Å². The van der Waals surface area contributed by atoms with E-state index in [-0.39, 0.29) is 17.9 Å². The zero-order valence-electron chi connectivity index (χ0n) is 19.2. The molecule has 1 fully saturated rings. The van der Waals surface area contributed by atoms with Crippen LogP contribution >= 0.6 is 23.2 Å². The standard InChI is InChI=1S/C25H31Cl2N5O/c1-18-20(17-23(30(18)2)19-7-10-28-11-8-19)25(33)29-9-4-12-31-13-15-32(16-14-31)22-6-3-5-21(26)24(22)27/h3,5-8,10-11,17-18,20H,4,9,12-16H2,1-2H3,(H,29,33). The first-order valence-corrected chi connectivity index (χ1v) is 12.3. The zero-order chi connectivity index (χ0) is 23.4. The second kappa shape index (κ2) is 10.8. The summed E-state index contributed by atoms with van der Waals surface area (Å²) in [6, 6.07) is 9.87. The number of rotatable bonds is 7. The van der Waals surface area contributed by atoms with Crippen LogP contribution in [0.25, 0.3) is 5.70 Å². The van der Waals surface area contributed by atoms with Gasteiger partial charge in [0.2, 0.25) is 5.91 Å². The van der Waals surface area contributed by atoms with Crippen LogP contribution in [0.4, 0.5) is 5.69 Å². The van der Waals surface area contributed by atoms with E-state index in [0.29, 0.717) is 16.6 Å². The van der Waals surface area contributed by atoms with E-state index in [1.807, 2.05) is 37.4 Å². The highest BCUT2D eigenvalue weighted by Gasteiger charge is 2.33. The number of nitrogens with one attached hydrogen (secondary N) is 1. The summed E-state index contributed by atoms with van der Waals surface area (Å²) in [6.45, 7) is 7.53. The molecule has 0 saturated carbocycles. The number of hydrogen-bond acceptors (Lipinski definition) is 5. The van der Waals surface area contributed by atoms with Gasteiger partial charge in [0, 0.05) is 69.5 Å². The molecule has 33 heavy (non-hydrogen) atoms. The lowest BCUT2D eigenvalue weighted by Crippen LogP contribution is -2.47. The largest absolute Gasteiger partial charge is 0.371 e. The van der Waals surface area contributed by atoms with Gasteiger partial charge >= 0.3 is 0 Å². The number of hydrogen-bond donors (Lipinski definition) is 1. The monoisotopic (exact) mass is 487 g/mol. The first-order chi connectivity index (χ1) is 16.0. The molecule has 2 aliphatic heterocycles. The molecule has 176 valence electrons. The Balaban J connectivity index is 1.21. The highest BCUT2D eigenvalue weighted by atomic mass is 35.5. The number of anilines is 1. The normalized spacial score (nSPS) is 21.3. The van der Waals surface area contributed by atoms with Crippen LogP contribution in [-0.4, -0.2) is 73.0 Å². The highest BCUT2D eigenvalue weighted by molar-refractivity contribution is 6.43. The number of halogens is 2. The van der Waals surface area contributed by atoms with Crippen LogP contribution in [0, 0.1) is 5.92 Å². The molecule has 2 unspecified atom stereocenters. The summed E-state index contributed by atoms with van der Waals surface area (Å²) in [5.74, 6) is -0.0528. The van der Waals surface area contributed by atoms with E-state index in [1.165, 1.54) is 0 Å². The molecule has 1 aromatic carbocycles. The minimum absolute atomic E-state index is 0.0961. The molecule has 1 amide bonds. The van der Waals surface area contributed by atoms with Crippen LogP contribution in [-0.2, 0) is 4.79 Å². The molecule has 8 heteroatoms. The van der Waals surface area contributed by atoms with Gasteiger partial charge in [-0.3, -0.25) is 14.7 Å². The number of piperazine rings is 1. The van der Waals surface area contributed by atoms with Crippen molar-refractivity contribution < 1.29 is 4.79 Å². The van der Waals surface area contributed by atoms with Crippen LogP contribution in [0.1, 0.15) is 18.9 Å². The van der Waals surface area contributed by atoms with Crippen molar-refractivity contribution in [3.05, 3.63) is 64.4 Å². The maximum absolute atomic E-state index is 12.9. The Bertz CT molecular complexity index is 992. The zero-order valence-corrected chi connectivity index (χ0v) is 20.7. The molecule has 2 aromatic rings. The average molecular weight is 488 g/mol. The van der Waals surface area contributed by atoms with E-state index in [9.17, 15) is 4.79 Å². The highest BCUT2D eigenvalue weighted by Crippen LogP contribution is 2.33.